The maximum absolute atomic E-state index is 11.7. The Kier molecular flexibility index (Phi) is 4.54. The van der Waals surface area contributed by atoms with Crippen LogP contribution in [0.3, 0.4) is 0 Å². The monoisotopic (exact) mass is 264 g/mol. The van der Waals surface area contributed by atoms with Crippen molar-refractivity contribution in [3.8, 4) is 0 Å². The number of anilines is 1. The fourth-order valence-electron chi connectivity index (χ4n) is 2.34. The Labute approximate surface area is 112 Å². The van der Waals surface area contributed by atoms with Gasteiger partial charge in [-0.05, 0) is 12.8 Å². The number of carbonyl (C=O) groups is 2. The molecular formula is C13H20N4O2. The van der Waals surface area contributed by atoms with Gasteiger partial charge in [-0.15, -0.1) is 0 Å². The molecule has 0 atom stereocenters. The first-order valence-corrected chi connectivity index (χ1v) is 6.71. The molecule has 1 fully saturated rings. The van der Waals surface area contributed by atoms with Crippen LogP contribution in [-0.2, 0) is 16.6 Å². The van der Waals surface area contributed by atoms with Crippen molar-refractivity contribution in [3.05, 3.63) is 12.4 Å². The van der Waals surface area contributed by atoms with E-state index in [-0.39, 0.29) is 24.2 Å². The van der Waals surface area contributed by atoms with Crippen LogP contribution in [0.4, 0.5) is 5.69 Å². The maximum Gasteiger partial charge on any atom is 0.226 e. The van der Waals surface area contributed by atoms with E-state index in [0.29, 0.717) is 12.2 Å². The fourth-order valence-corrected chi connectivity index (χ4v) is 2.34. The van der Waals surface area contributed by atoms with Crippen molar-refractivity contribution in [2.75, 3.05) is 11.9 Å². The van der Waals surface area contributed by atoms with Gasteiger partial charge < -0.3 is 10.6 Å². The van der Waals surface area contributed by atoms with E-state index in [2.05, 4.69) is 15.7 Å². The maximum atomic E-state index is 11.7. The number of amides is 2. The lowest BCUT2D eigenvalue weighted by atomic mass is 10.1. The standard InChI is InChI=1S/C13H20N4O2/c1-17-9-11(8-15-17)16-12(18)6-7-14-13(19)10-4-2-3-5-10/h8-10H,2-7H2,1H3,(H,14,19)(H,16,18). The van der Waals surface area contributed by atoms with Crippen molar-refractivity contribution in [3.63, 3.8) is 0 Å². The third-order valence-electron chi connectivity index (χ3n) is 3.37. The Morgan fingerprint density at radius 2 is 2.16 bits per heavy atom. The molecule has 1 aromatic rings. The van der Waals surface area contributed by atoms with Crippen LogP contribution in [0.5, 0.6) is 0 Å². The van der Waals surface area contributed by atoms with Gasteiger partial charge in [0, 0.05) is 32.1 Å². The summed E-state index contributed by atoms with van der Waals surface area (Å²) >= 11 is 0. The van der Waals surface area contributed by atoms with Crippen LogP contribution in [-0.4, -0.2) is 28.1 Å². The van der Waals surface area contributed by atoms with E-state index in [9.17, 15) is 9.59 Å². The molecule has 1 aliphatic rings. The molecule has 2 amide bonds. The van der Waals surface area contributed by atoms with Gasteiger partial charge in [0.05, 0.1) is 11.9 Å². The van der Waals surface area contributed by atoms with Gasteiger partial charge in [-0.25, -0.2) is 0 Å². The first-order valence-electron chi connectivity index (χ1n) is 6.71. The molecule has 6 heteroatoms. The number of hydrogen-bond donors (Lipinski definition) is 2. The lowest BCUT2D eigenvalue weighted by Crippen LogP contribution is -2.31. The number of nitrogens with zero attached hydrogens (tertiary/aromatic N) is 2. The minimum Gasteiger partial charge on any atom is -0.355 e. The van der Waals surface area contributed by atoms with E-state index in [1.54, 1.807) is 24.1 Å². The van der Waals surface area contributed by atoms with Crippen molar-refractivity contribution in [2.45, 2.75) is 32.1 Å². The summed E-state index contributed by atoms with van der Waals surface area (Å²) < 4.78 is 1.62. The largest absolute Gasteiger partial charge is 0.355 e. The van der Waals surface area contributed by atoms with E-state index in [1.807, 2.05) is 0 Å². The molecule has 1 saturated carbocycles. The van der Waals surface area contributed by atoms with Crippen LogP contribution < -0.4 is 10.6 Å². The van der Waals surface area contributed by atoms with Crippen molar-refractivity contribution in [1.82, 2.24) is 15.1 Å². The summed E-state index contributed by atoms with van der Waals surface area (Å²) in [7, 11) is 1.79. The predicted octanol–water partition coefficient (Wildman–Crippen LogP) is 1.06. The highest BCUT2D eigenvalue weighted by Crippen LogP contribution is 2.24. The molecule has 0 radical (unpaired) electrons. The second-order valence-electron chi connectivity index (χ2n) is 4.97. The van der Waals surface area contributed by atoms with E-state index in [4.69, 9.17) is 0 Å². The summed E-state index contributed by atoms with van der Waals surface area (Å²) in [6, 6.07) is 0. The van der Waals surface area contributed by atoms with Gasteiger partial charge in [-0.3, -0.25) is 14.3 Å². The molecule has 104 valence electrons. The van der Waals surface area contributed by atoms with Gasteiger partial charge >= 0.3 is 0 Å². The Morgan fingerprint density at radius 1 is 1.42 bits per heavy atom. The van der Waals surface area contributed by atoms with E-state index < -0.39 is 0 Å². The molecule has 2 N–H and O–H groups in total. The Bertz CT molecular complexity index is 449. The normalized spacial score (nSPS) is 15.4. The highest BCUT2D eigenvalue weighted by atomic mass is 16.2. The highest BCUT2D eigenvalue weighted by molar-refractivity contribution is 5.90. The van der Waals surface area contributed by atoms with Crippen LogP contribution in [0.2, 0.25) is 0 Å². The summed E-state index contributed by atoms with van der Waals surface area (Å²) in [4.78, 5) is 23.4. The second kappa shape index (κ2) is 6.36. The number of aromatic nitrogens is 2. The fraction of sp³-hybridized carbons (Fsp3) is 0.615. The minimum absolute atomic E-state index is 0.0895. The number of rotatable bonds is 5. The summed E-state index contributed by atoms with van der Waals surface area (Å²) in [6.45, 7) is 0.390. The van der Waals surface area contributed by atoms with E-state index in [0.717, 1.165) is 25.7 Å². The van der Waals surface area contributed by atoms with Gasteiger partial charge in [-0.1, -0.05) is 12.8 Å². The molecule has 2 rings (SSSR count). The van der Waals surface area contributed by atoms with Gasteiger partial charge in [0.1, 0.15) is 0 Å². The molecule has 0 saturated heterocycles. The smallest absolute Gasteiger partial charge is 0.226 e. The molecule has 0 aliphatic heterocycles. The average molecular weight is 264 g/mol. The molecule has 19 heavy (non-hydrogen) atoms. The molecule has 1 heterocycles. The minimum atomic E-state index is -0.111. The van der Waals surface area contributed by atoms with Crippen LogP contribution in [0.15, 0.2) is 12.4 Å². The van der Waals surface area contributed by atoms with Gasteiger partial charge in [0.25, 0.3) is 0 Å². The predicted molar refractivity (Wildman–Crippen MR) is 71.4 cm³/mol. The summed E-state index contributed by atoms with van der Waals surface area (Å²) in [5, 5.41) is 9.52. The molecule has 1 aliphatic carbocycles. The third kappa shape index (κ3) is 4.08. The summed E-state index contributed by atoms with van der Waals surface area (Å²) in [5.74, 6) is 0.132. The van der Waals surface area contributed by atoms with E-state index >= 15 is 0 Å². The Morgan fingerprint density at radius 3 is 2.79 bits per heavy atom. The molecule has 0 aromatic carbocycles. The second-order valence-corrected chi connectivity index (χ2v) is 4.97. The van der Waals surface area contributed by atoms with Gasteiger partial charge in [-0.2, -0.15) is 5.10 Å². The van der Waals surface area contributed by atoms with Gasteiger partial charge in [0.2, 0.25) is 11.8 Å². The average Bonchev–Trinajstić information content (AvgIpc) is 3.00. The van der Waals surface area contributed by atoms with Crippen LogP contribution in [0, 0.1) is 5.92 Å². The Hall–Kier alpha value is -1.85. The zero-order valence-corrected chi connectivity index (χ0v) is 11.2. The molecule has 0 bridgehead atoms. The lowest BCUT2D eigenvalue weighted by Gasteiger charge is -2.09. The number of carbonyl (C=O) groups excluding carboxylic acids is 2. The molecular weight excluding hydrogens is 244 g/mol. The third-order valence-corrected chi connectivity index (χ3v) is 3.37. The summed E-state index contributed by atoms with van der Waals surface area (Å²) in [5.41, 5.74) is 0.676. The van der Waals surface area contributed by atoms with Gasteiger partial charge in [0.15, 0.2) is 0 Å². The van der Waals surface area contributed by atoms with Crippen molar-refractivity contribution in [1.29, 1.82) is 0 Å². The topological polar surface area (TPSA) is 76.0 Å². The highest BCUT2D eigenvalue weighted by Gasteiger charge is 2.22. The Balaban J connectivity index is 1.65. The van der Waals surface area contributed by atoms with Crippen LogP contribution in [0.1, 0.15) is 32.1 Å². The lowest BCUT2D eigenvalue weighted by molar-refractivity contribution is -0.124. The van der Waals surface area contributed by atoms with Crippen molar-refractivity contribution >= 4 is 17.5 Å². The molecule has 0 spiro atoms. The van der Waals surface area contributed by atoms with Crippen molar-refractivity contribution in [2.24, 2.45) is 13.0 Å². The molecule has 1 aromatic heterocycles. The van der Waals surface area contributed by atoms with E-state index in [1.165, 1.54) is 0 Å². The first kappa shape index (κ1) is 13.6. The number of hydrogen-bond acceptors (Lipinski definition) is 3. The molecule has 6 nitrogen and oxygen atoms in total. The first-order chi connectivity index (χ1) is 9.15. The zero-order chi connectivity index (χ0) is 13.7. The zero-order valence-electron chi connectivity index (χ0n) is 11.2. The molecule has 0 unspecified atom stereocenters. The van der Waals surface area contributed by atoms with Crippen LogP contribution >= 0.6 is 0 Å². The SMILES string of the molecule is Cn1cc(NC(=O)CCNC(=O)C2CCCC2)cn1. The van der Waals surface area contributed by atoms with Crippen LogP contribution in [0.25, 0.3) is 0 Å². The summed E-state index contributed by atoms with van der Waals surface area (Å²) in [6.07, 6.45) is 7.85. The number of aryl methyl sites for hydroxylation is 1. The quantitative estimate of drug-likeness (QED) is 0.834. The van der Waals surface area contributed by atoms with Crippen molar-refractivity contribution < 1.29 is 9.59 Å². The number of nitrogens with one attached hydrogen (secondary N) is 2.